The average Bonchev–Trinajstić information content (AvgIpc) is 2.30. The molecule has 2 rings (SSSR count). The lowest BCUT2D eigenvalue weighted by Crippen LogP contribution is -2.38. The van der Waals surface area contributed by atoms with Crippen molar-refractivity contribution in [3.05, 3.63) is 23.8 Å². The van der Waals surface area contributed by atoms with Crippen LogP contribution in [0.3, 0.4) is 0 Å². The van der Waals surface area contributed by atoms with Crippen LogP contribution in [0.4, 0.5) is 0 Å². The van der Waals surface area contributed by atoms with Crippen LogP contribution in [0.15, 0.2) is 18.2 Å². The van der Waals surface area contributed by atoms with E-state index in [2.05, 4.69) is 25.1 Å². The van der Waals surface area contributed by atoms with Gasteiger partial charge in [-0.3, -0.25) is 0 Å². The fourth-order valence-electron chi connectivity index (χ4n) is 2.19. The summed E-state index contributed by atoms with van der Waals surface area (Å²) >= 11 is 0. The zero-order valence-electron chi connectivity index (χ0n) is 9.45. The first-order valence-corrected chi connectivity index (χ1v) is 8.26. The summed E-state index contributed by atoms with van der Waals surface area (Å²) in [5.41, 5.74) is 1.31. The maximum absolute atomic E-state index is 5.94. The highest BCUT2D eigenvalue weighted by Crippen LogP contribution is 2.18. The quantitative estimate of drug-likeness (QED) is 0.694. The third-order valence-corrected chi connectivity index (χ3v) is 6.40. The van der Waals surface area contributed by atoms with Gasteiger partial charge in [0, 0.05) is 6.61 Å². The van der Waals surface area contributed by atoms with Gasteiger partial charge in [-0.25, -0.2) is 0 Å². The van der Waals surface area contributed by atoms with Crippen molar-refractivity contribution in [1.82, 2.24) is 0 Å². The zero-order valence-corrected chi connectivity index (χ0v) is 12.6. The molecule has 0 aliphatic carbocycles. The van der Waals surface area contributed by atoms with Gasteiger partial charge < -0.3 is 8.85 Å². The first kappa shape index (κ1) is 10.9. The van der Waals surface area contributed by atoms with Crippen LogP contribution in [0.5, 0.6) is 5.75 Å². The standard InChI is InChI=1S/C11H18O2Si2/c1-9-10(13-14)5-4-6-11(9)15-8-3-2-7-12-15/h4-6,15H,2-3,7-8H2,1,14H3. The fraction of sp³-hybridized carbons (Fsp3) is 0.455. The van der Waals surface area contributed by atoms with E-state index in [9.17, 15) is 0 Å². The molecule has 0 radical (unpaired) electrons. The Bertz CT molecular complexity index is 335. The van der Waals surface area contributed by atoms with Crippen molar-refractivity contribution < 1.29 is 8.85 Å². The van der Waals surface area contributed by atoms with E-state index in [4.69, 9.17) is 8.85 Å². The molecule has 0 amide bonds. The van der Waals surface area contributed by atoms with E-state index < -0.39 is 9.04 Å². The van der Waals surface area contributed by atoms with Crippen molar-refractivity contribution in [2.45, 2.75) is 25.8 Å². The maximum Gasteiger partial charge on any atom is 0.208 e. The number of hydrogen-bond donors (Lipinski definition) is 0. The molecule has 1 fully saturated rings. The van der Waals surface area contributed by atoms with Crippen LogP contribution in [-0.2, 0) is 4.43 Å². The maximum atomic E-state index is 5.94. The highest BCUT2D eigenvalue weighted by atomic mass is 28.3. The first-order chi connectivity index (χ1) is 7.33. The lowest BCUT2D eigenvalue weighted by Gasteiger charge is -2.23. The summed E-state index contributed by atoms with van der Waals surface area (Å²) in [6.45, 7) is 3.12. The Morgan fingerprint density at radius 2 is 2.27 bits per heavy atom. The third kappa shape index (κ3) is 2.33. The Morgan fingerprint density at radius 1 is 1.40 bits per heavy atom. The van der Waals surface area contributed by atoms with E-state index in [-0.39, 0.29) is 0 Å². The van der Waals surface area contributed by atoms with E-state index >= 15 is 0 Å². The smallest absolute Gasteiger partial charge is 0.208 e. The van der Waals surface area contributed by atoms with Gasteiger partial charge in [-0.15, -0.1) is 0 Å². The van der Waals surface area contributed by atoms with Gasteiger partial charge in [-0.05, 0) is 36.2 Å². The molecular formula is C11H18O2Si2. The first-order valence-electron chi connectivity index (χ1n) is 5.58. The minimum absolute atomic E-state index is 0.762. The summed E-state index contributed by atoms with van der Waals surface area (Å²) in [6, 6.07) is 7.66. The third-order valence-electron chi connectivity index (χ3n) is 3.07. The Morgan fingerprint density at radius 3 is 2.93 bits per heavy atom. The number of benzene rings is 1. The van der Waals surface area contributed by atoms with Crippen molar-refractivity contribution >= 4 is 24.7 Å². The molecule has 1 heterocycles. The second-order valence-corrected chi connectivity index (χ2v) is 6.95. The lowest BCUT2D eigenvalue weighted by atomic mass is 10.2. The van der Waals surface area contributed by atoms with Gasteiger partial charge in [-0.2, -0.15) is 0 Å². The normalized spacial score (nSPS) is 21.5. The summed E-state index contributed by atoms with van der Waals surface area (Å²) in [5.74, 6) is 1.06. The molecule has 1 aliphatic rings. The minimum atomic E-state index is -1.13. The van der Waals surface area contributed by atoms with Gasteiger partial charge >= 0.3 is 0 Å². The van der Waals surface area contributed by atoms with E-state index in [0.29, 0.717) is 0 Å². The van der Waals surface area contributed by atoms with Crippen molar-refractivity contribution in [3.63, 3.8) is 0 Å². The molecule has 15 heavy (non-hydrogen) atoms. The van der Waals surface area contributed by atoms with E-state index in [1.165, 1.54) is 29.6 Å². The Kier molecular flexibility index (Phi) is 3.61. The van der Waals surface area contributed by atoms with Crippen molar-refractivity contribution in [2.75, 3.05) is 6.61 Å². The van der Waals surface area contributed by atoms with E-state index in [1.54, 1.807) is 0 Å². The molecule has 1 aromatic rings. The van der Waals surface area contributed by atoms with Crippen molar-refractivity contribution in [3.8, 4) is 5.75 Å². The predicted molar refractivity (Wildman–Crippen MR) is 68.5 cm³/mol. The molecule has 4 heteroatoms. The predicted octanol–water partition coefficient (Wildman–Crippen LogP) is 0.395. The van der Waals surface area contributed by atoms with Crippen molar-refractivity contribution in [2.24, 2.45) is 0 Å². The van der Waals surface area contributed by atoms with Crippen LogP contribution >= 0.6 is 0 Å². The highest BCUT2D eigenvalue weighted by Gasteiger charge is 2.21. The van der Waals surface area contributed by atoms with Gasteiger partial charge in [0.1, 0.15) is 5.75 Å². The molecule has 82 valence electrons. The second kappa shape index (κ2) is 4.96. The molecule has 0 N–H and O–H groups in total. The summed E-state index contributed by atoms with van der Waals surface area (Å²) in [7, 11) is -0.369. The van der Waals surface area contributed by atoms with Gasteiger partial charge in [0.05, 0.1) is 0 Å². The monoisotopic (exact) mass is 238 g/mol. The van der Waals surface area contributed by atoms with Crippen LogP contribution in [-0.4, -0.2) is 26.1 Å². The SMILES string of the molecule is Cc1c(O[SiH3])cccc1[SiH]1CCCCO1. The number of rotatable bonds is 2. The van der Waals surface area contributed by atoms with Crippen LogP contribution in [0.25, 0.3) is 0 Å². The van der Waals surface area contributed by atoms with Crippen LogP contribution in [0, 0.1) is 6.92 Å². The van der Waals surface area contributed by atoms with Gasteiger partial charge in [0.2, 0.25) is 19.5 Å². The lowest BCUT2D eigenvalue weighted by molar-refractivity contribution is 0.294. The topological polar surface area (TPSA) is 18.5 Å². The molecule has 0 saturated carbocycles. The molecule has 1 saturated heterocycles. The summed E-state index contributed by atoms with van der Waals surface area (Å²) in [6.07, 6.45) is 2.57. The molecule has 2 nitrogen and oxygen atoms in total. The largest absolute Gasteiger partial charge is 0.553 e. The molecule has 0 spiro atoms. The Balaban J connectivity index is 2.26. The summed E-state index contributed by atoms with van der Waals surface area (Å²) in [4.78, 5) is 0. The molecule has 0 aromatic heterocycles. The van der Waals surface area contributed by atoms with Crippen LogP contribution in [0.2, 0.25) is 6.04 Å². The van der Waals surface area contributed by atoms with Crippen LogP contribution < -0.4 is 9.61 Å². The zero-order chi connectivity index (χ0) is 10.7. The Labute approximate surface area is 95.9 Å². The van der Waals surface area contributed by atoms with Gasteiger partial charge in [0.15, 0.2) is 0 Å². The Hall–Kier alpha value is -0.586. The average molecular weight is 238 g/mol. The van der Waals surface area contributed by atoms with Crippen molar-refractivity contribution in [1.29, 1.82) is 0 Å². The molecule has 1 aromatic carbocycles. The molecule has 1 aliphatic heterocycles. The molecule has 1 unspecified atom stereocenters. The summed E-state index contributed by atoms with van der Waals surface area (Å²) in [5, 5.41) is 1.45. The fourth-order valence-corrected chi connectivity index (χ4v) is 5.35. The van der Waals surface area contributed by atoms with Gasteiger partial charge in [-0.1, -0.05) is 18.6 Å². The van der Waals surface area contributed by atoms with E-state index in [0.717, 1.165) is 22.8 Å². The molecule has 0 bridgehead atoms. The van der Waals surface area contributed by atoms with E-state index in [1.807, 2.05) is 0 Å². The molecular weight excluding hydrogens is 220 g/mol. The minimum Gasteiger partial charge on any atom is -0.553 e. The second-order valence-electron chi connectivity index (χ2n) is 4.03. The highest BCUT2D eigenvalue weighted by molar-refractivity contribution is 6.68. The number of hydrogen-bond acceptors (Lipinski definition) is 2. The van der Waals surface area contributed by atoms with Gasteiger partial charge in [0.25, 0.3) is 0 Å². The molecule has 1 atom stereocenters. The summed E-state index contributed by atoms with van der Waals surface area (Å²) < 4.78 is 11.4. The van der Waals surface area contributed by atoms with Crippen LogP contribution in [0.1, 0.15) is 18.4 Å².